The summed E-state index contributed by atoms with van der Waals surface area (Å²) in [5.41, 5.74) is 0.619. The summed E-state index contributed by atoms with van der Waals surface area (Å²) in [6.07, 6.45) is 3.77. The van der Waals surface area contributed by atoms with Crippen molar-refractivity contribution in [2.75, 3.05) is 6.54 Å². The second-order valence-electron chi connectivity index (χ2n) is 11.6. The molecule has 1 aliphatic heterocycles. The Bertz CT molecular complexity index is 1300. The number of hydrogen-bond acceptors (Lipinski definition) is 5. The molecule has 1 saturated carbocycles. The summed E-state index contributed by atoms with van der Waals surface area (Å²) in [7, 11) is 0. The number of nitrogens with one attached hydrogen (secondary N) is 1. The number of carboxylic acid groups (broad SMARTS) is 1. The van der Waals surface area contributed by atoms with E-state index in [1.807, 2.05) is 6.92 Å². The van der Waals surface area contributed by atoms with E-state index in [1.165, 1.54) is 0 Å². The number of benzene rings is 2. The molecule has 7 nitrogen and oxygen atoms in total. The van der Waals surface area contributed by atoms with Crippen molar-refractivity contribution < 1.29 is 57.8 Å². The van der Waals surface area contributed by atoms with Crippen molar-refractivity contribution in [1.82, 2.24) is 10.2 Å². The number of aliphatic imine (C=N–C) groups is 1. The summed E-state index contributed by atoms with van der Waals surface area (Å²) in [6, 6.07) is 9.38. The molecule has 2 aromatic rings. The number of aliphatic carboxylic acids is 1. The number of hydrogen-bond donors (Lipinski definition) is 1. The Hall–Kier alpha value is -2.62. The van der Waals surface area contributed by atoms with Crippen molar-refractivity contribution in [2.45, 2.75) is 77.9 Å². The van der Waals surface area contributed by atoms with Crippen molar-refractivity contribution in [3.8, 4) is 0 Å². The number of carbonyl (C=O) groups excluding carboxylic acids is 3. The molecule has 0 radical (unpaired) electrons. The number of amides is 2. The number of halogens is 2. The minimum atomic E-state index is -1.25. The number of carbonyl (C=O) groups is 3. The molecular formula is C31H36F2N3NaO4. The minimum Gasteiger partial charge on any atom is -0.550 e. The van der Waals surface area contributed by atoms with Crippen molar-refractivity contribution in [1.29, 1.82) is 0 Å². The predicted molar refractivity (Wildman–Crippen MR) is 145 cm³/mol. The largest absolute Gasteiger partial charge is 1.00 e. The number of nitrogens with zero attached hydrogens (tertiary/aromatic N) is 2. The van der Waals surface area contributed by atoms with Crippen molar-refractivity contribution in [2.24, 2.45) is 16.3 Å². The summed E-state index contributed by atoms with van der Waals surface area (Å²) in [6.45, 7) is 8.55. The molecule has 1 N–H and O–H groups in total. The molecule has 0 aromatic heterocycles. The Labute approximate surface area is 262 Å². The van der Waals surface area contributed by atoms with E-state index >= 15 is 0 Å². The third-order valence-corrected chi connectivity index (χ3v) is 8.79. The van der Waals surface area contributed by atoms with Crippen LogP contribution in [0.25, 0.3) is 0 Å². The van der Waals surface area contributed by atoms with Gasteiger partial charge < -0.3 is 20.1 Å². The molecule has 41 heavy (non-hydrogen) atoms. The maximum atomic E-state index is 14.1. The van der Waals surface area contributed by atoms with Crippen molar-refractivity contribution in [3.63, 3.8) is 0 Å². The summed E-state index contributed by atoms with van der Waals surface area (Å²) in [5.74, 6) is -3.11. The average molecular weight is 576 g/mol. The van der Waals surface area contributed by atoms with Gasteiger partial charge in [0.05, 0.1) is 6.04 Å². The summed E-state index contributed by atoms with van der Waals surface area (Å²) in [5, 5.41) is 13.1. The first kappa shape index (κ1) is 32.9. The SMILES string of the molecule is CCC(C)(C)C1CCC2(CC1)N=C(c1cc(F)cc(F)c1)C(=O)N2[C@H](C)c1ccc(C(=O)NCCC(=O)[O-])cc1.[Na+]. The Morgan fingerprint density at radius 3 is 2.24 bits per heavy atom. The van der Waals surface area contributed by atoms with E-state index in [-0.39, 0.29) is 65.1 Å². The molecule has 4 rings (SSSR count). The Balaban J connectivity index is 0.00000462. The van der Waals surface area contributed by atoms with Gasteiger partial charge in [0.1, 0.15) is 23.0 Å². The van der Waals surface area contributed by atoms with Gasteiger partial charge in [0.2, 0.25) is 0 Å². The van der Waals surface area contributed by atoms with E-state index in [9.17, 15) is 28.3 Å². The molecule has 1 spiro atoms. The average Bonchev–Trinajstić information content (AvgIpc) is 3.19. The molecule has 2 aromatic carbocycles. The first-order valence-electron chi connectivity index (χ1n) is 13.8. The minimum absolute atomic E-state index is 0. The number of carboxylic acids is 1. The molecule has 1 aliphatic carbocycles. The topological polar surface area (TPSA) is 102 Å². The van der Waals surface area contributed by atoms with Crippen LogP contribution in [-0.4, -0.2) is 40.6 Å². The summed E-state index contributed by atoms with van der Waals surface area (Å²) >= 11 is 0. The molecule has 2 aliphatic rings. The van der Waals surface area contributed by atoms with Crippen LogP contribution < -0.4 is 40.0 Å². The van der Waals surface area contributed by atoms with Crippen LogP contribution in [0.15, 0.2) is 47.5 Å². The Kier molecular flexibility index (Phi) is 10.5. The molecule has 1 atom stereocenters. The fourth-order valence-corrected chi connectivity index (χ4v) is 5.97. The van der Waals surface area contributed by atoms with E-state index in [2.05, 4.69) is 26.1 Å². The van der Waals surface area contributed by atoms with Gasteiger partial charge in [-0.1, -0.05) is 39.3 Å². The molecule has 214 valence electrons. The van der Waals surface area contributed by atoms with Crippen molar-refractivity contribution >= 4 is 23.5 Å². The molecule has 2 amide bonds. The summed E-state index contributed by atoms with van der Waals surface area (Å²) in [4.78, 5) is 43.6. The maximum absolute atomic E-state index is 14.1. The molecule has 1 fully saturated rings. The maximum Gasteiger partial charge on any atom is 1.00 e. The van der Waals surface area contributed by atoms with E-state index in [4.69, 9.17) is 4.99 Å². The van der Waals surface area contributed by atoms with Gasteiger partial charge in [0.25, 0.3) is 11.8 Å². The first-order valence-corrected chi connectivity index (χ1v) is 13.8. The van der Waals surface area contributed by atoms with Gasteiger partial charge in [-0.15, -0.1) is 0 Å². The molecule has 0 saturated heterocycles. The summed E-state index contributed by atoms with van der Waals surface area (Å²) < 4.78 is 28.2. The van der Waals surface area contributed by atoms with Gasteiger partial charge in [0.15, 0.2) is 0 Å². The van der Waals surface area contributed by atoms with Crippen LogP contribution >= 0.6 is 0 Å². The standard InChI is InChI=1S/C31H37F2N3O4.Na/c1-5-30(3,4)23-10-13-31(14-11-23)35-27(22-16-24(32)18-25(33)17-22)29(40)36(31)19(2)20-6-8-21(9-7-20)28(39)34-15-12-26(37)38;/h6-9,16-19,23H,5,10-15H2,1-4H3,(H,34,39)(H,37,38);/q;+1/p-1/t19-,23?,31?;/m1./s1. The van der Waals surface area contributed by atoms with Crippen LogP contribution in [0.5, 0.6) is 0 Å². The first-order chi connectivity index (χ1) is 18.9. The Morgan fingerprint density at radius 1 is 1.12 bits per heavy atom. The van der Waals surface area contributed by atoms with E-state index in [0.717, 1.165) is 43.0 Å². The Morgan fingerprint density at radius 2 is 1.71 bits per heavy atom. The molecule has 10 heteroatoms. The quantitative estimate of drug-likeness (QED) is 0.459. The van der Waals surface area contributed by atoms with Gasteiger partial charge >= 0.3 is 29.6 Å². The van der Waals surface area contributed by atoms with Gasteiger partial charge in [-0.05, 0) is 73.8 Å². The second kappa shape index (κ2) is 13.1. The van der Waals surface area contributed by atoms with Crippen LogP contribution in [0.2, 0.25) is 0 Å². The van der Waals surface area contributed by atoms with E-state index < -0.39 is 35.2 Å². The zero-order valence-electron chi connectivity index (χ0n) is 24.4. The second-order valence-corrected chi connectivity index (χ2v) is 11.6. The monoisotopic (exact) mass is 575 g/mol. The molecule has 1 heterocycles. The zero-order chi connectivity index (χ0) is 29.2. The van der Waals surface area contributed by atoms with Gasteiger partial charge in [0, 0.05) is 36.1 Å². The van der Waals surface area contributed by atoms with Gasteiger partial charge in [-0.2, -0.15) is 0 Å². The fraction of sp³-hybridized carbons (Fsp3) is 0.484. The van der Waals surface area contributed by atoms with E-state index in [0.29, 0.717) is 24.3 Å². The smallest absolute Gasteiger partial charge is 0.550 e. The van der Waals surface area contributed by atoms with Crippen LogP contribution in [0.3, 0.4) is 0 Å². The van der Waals surface area contributed by atoms with E-state index in [1.54, 1.807) is 29.2 Å². The normalized spacial score (nSPS) is 21.3. The number of rotatable bonds is 9. The predicted octanol–water partition coefficient (Wildman–Crippen LogP) is 1.55. The van der Waals surface area contributed by atoms with Crippen LogP contribution in [-0.2, 0) is 9.59 Å². The third-order valence-electron chi connectivity index (χ3n) is 8.79. The van der Waals surface area contributed by atoms with Crippen LogP contribution in [0.1, 0.15) is 93.7 Å². The zero-order valence-corrected chi connectivity index (χ0v) is 26.4. The third kappa shape index (κ3) is 7.07. The van der Waals surface area contributed by atoms with Crippen molar-refractivity contribution in [3.05, 3.63) is 70.8 Å². The molecule has 0 bridgehead atoms. The van der Waals surface area contributed by atoms with Crippen LogP contribution in [0.4, 0.5) is 8.78 Å². The molecule has 0 unspecified atom stereocenters. The van der Waals surface area contributed by atoms with Gasteiger partial charge in [-0.25, -0.2) is 8.78 Å². The molecular weight excluding hydrogens is 539 g/mol. The van der Waals surface area contributed by atoms with Crippen LogP contribution in [0, 0.1) is 23.0 Å². The fourth-order valence-electron chi connectivity index (χ4n) is 5.97. The van der Waals surface area contributed by atoms with Gasteiger partial charge in [-0.3, -0.25) is 14.6 Å².